The topological polar surface area (TPSA) is 62.5 Å². The smallest absolute Gasteiger partial charge is 0.327 e. The zero-order valence-corrected chi connectivity index (χ0v) is 12.5. The molecular formula is C13H15ClN2O3S. The molecule has 3 rings (SSSR count). The molecule has 1 aliphatic carbocycles. The summed E-state index contributed by atoms with van der Waals surface area (Å²) in [4.78, 5) is 25.6. The first-order chi connectivity index (χ1) is 9.49. The summed E-state index contributed by atoms with van der Waals surface area (Å²) in [6.45, 7) is 0. The molecular weight excluding hydrogens is 300 g/mol. The number of amides is 1. The van der Waals surface area contributed by atoms with E-state index in [4.69, 9.17) is 11.6 Å². The van der Waals surface area contributed by atoms with Crippen molar-refractivity contribution in [3.8, 4) is 0 Å². The van der Waals surface area contributed by atoms with Gasteiger partial charge in [-0.25, -0.2) is 4.79 Å². The lowest BCUT2D eigenvalue weighted by molar-refractivity contribution is -0.141. The molecule has 1 aliphatic heterocycles. The highest BCUT2D eigenvalue weighted by Crippen LogP contribution is 2.46. The summed E-state index contributed by atoms with van der Waals surface area (Å²) in [6, 6.07) is 0.849. The second-order valence-electron chi connectivity index (χ2n) is 5.28. The van der Waals surface area contributed by atoms with E-state index in [0.29, 0.717) is 22.4 Å². The van der Waals surface area contributed by atoms with Crippen molar-refractivity contribution in [2.45, 2.75) is 24.3 Å². The number of rotatable bonds is 3. The molecule has 5 nitrogen and oxygen atoms in total. The summed E-state index contributed by atoms with van der Waals surface area (Å²) >= 11 is 7.49. The van der Waals surface area contributed by atoms with Crippen molar-refractivity contribution >= 4 is 35.2 Å². The van der Waals surface area contributed by atoms with Crippen LogP contribution in [0.1, 0.15) is 23.3 Å². The summed E-state index contributed by atoms with van der Waals surface area (Å²) in [7, 11) is 1.74. The standard InChI is InChI=1S/C13H15ClN2O3S/c1-15-5-8(14)4-9(15)11(17)16-10(13(18)19)6-20-12(16)7-2-3-7/h4-5,7,10,12H,2-3,6H2,1H3,(H,18,19). The van der Waals surface area contributed by atoms with Crippen LogP contribution >= 0.6 is 23.4 Å². The summed E-state index contributed by atoms with van der Waals surface area (Å²) in [5.41, 5.74) is 0.439. The number of aryl methyl sites for hydroxylation is 1. The number of carboxylic acid groups (broad SMARTS) is 1. The number of aromatic nitrogens is 1. The van der Waals surface area contributed by atoms with Gasteiger partial charge >= 0.3 is 5.97 Å². The van der Waals surface area contributed by atoms with Crippen LogP contribution in [0.4, 0.5) is 0 Å². The highest BCUT2D eigenvalue weighted by atomic mass is 35.5. The van der Waals surface area contributed by atoms with E-state index in [1.54, 1.807) is 35.6 Å². The van der Waals surface area contributed by atoms with Crippen molar-refractivity contribution in [2.24, 2.45) is 13.0 Å². The van der Waals surface area contributed by atoms with Crippen molar-refractivity contribution < 1.29 is 14.7 Å². The first-order valence-corrected chi connectivity index (χ1v) is 7.90. The zero-order valence-electron chi connectivity index (χ0n) is 11.0. The Morgan fingerprint density at radius 1 is 1.45 bits per heavy atom. The zero-order chi connectivity index (χ0) is 14.4. The third kappa shape index (κ3) is 2.31. The van der Waals surface area contributed by atoms with Crippen LogP contribution in [-0.4, -0.2) is 43.6 Å². The van der Waals surface area contributed by atoms with Crippen LogP contribution in [0.5, 0.6) is 0 Å². The maximum atomic E-state index is 12.7. The van der Waals surface area contributed by atoms with Gasteiger partial charge in [0.25, 0.3) is 5.91 Å². The Balaban J connectivity index is 1.92. The van der Waals surface area contributed by atoms with Crippen molar-refractivity contribution in [2.75, 3.05) is 5.75 Å². The van der Waals surface area contributed by atoms with Crippen molar-refractivity contribution in [3.63, 3.8) is 0 Å². The van der Waals surface area contributed by atoms with Gasteiger partial charge in [-0.2, -0.15) is 0 Å². The molecule has 20 heavy (non-hydrogen) atoms. The third-order valence-electron chi connectivity index (χ3n) is 3.77. The van der Waals surface area contributed by atoms with E-state index in [9.17, 15) is 14.7 Å². The van der Waals surface area contributed by atoms with E-state index in [2.05, 4.69) is 0 Å². The Hall–Kier alpha value is -1.14. The second-order valence-corrected chi connectivity index (χ2v) is 6.87. The Kier molecular flexibility index (Phi) is 3.46. The molecule has 0 aromatic carbocycles. The maximum absolute atomic E-state index is 12.7. The van der Waals surface area contributed by atoms with E-state index in [1.165, 1.54) is 4.90 Å². The van der Waals surface area contributed by atoms with Gasteiger partial charge in [0.05, 0.1) is 10.4 Å². The van der Waals surface area contributed by atoms with Crippen LogP contribution in [-0.2, 0) is 11.8 Å². The number of carbonyl (C=O) groups excluding carboxylic acids is 1. The number of thioether (sulfide) groups is 1. The third-order valence-corrected chi connectivity index (χ3v) is 5.44. The number of halogens is 1. The van der Waals surface area contributed by atoms with Gasteiger partial charge in [0.2, 0.25) is 0 Å². The Morgan fingerprint density at radius 3 is 2.65 bits per heavy atom. The lowest BCUT2D eigenvalue weighted by Gasteiger charge is -2.27. The molecule has 2 heterocycles. The van der Waals surface area contributed by atoms with Crippen LogP contribution in [0.3, 0.4) is 0 Å². The van der Waals surface area contributed by atoms with Crippen LogP contribution in [0.2, 0.25) is 5.02 Å². The fourth-order valence-electron chi connectivity index (χ4n) is 2.59. The Bertz CT molecular complexity index is 570. The first-order valence-electron chi connectivity index (χ1n) is 6.48. The van der Waals surface area contributed by atoms with Crippen molar-refractivity contribution in [3.05, 3.63) is 23.0 Å². The SMILES string of the molecule is Cn1cc(Cl)cc1C(=O)N1C(C(=O)O)CSC1C1CC1. The lowest BCUT2D eigenvalue weighted by Crippen LogP contribution is -2.46. The largest absolute Gasteiger partial charge is 0.480 e. The molecule has 1 amide bonds. The summed E-state index contributed by atoms with van der Waals surface area (Å²) in [5.74, 6) is -0.285. The van der Waals surface area contributed by atoms with E-state index >= 15 is 0 Å². The quantitative estimate of drug-likeness (QED) is 0.927. The van der Waals surface area contributed by atoms with E-state index in [1.807, 2.05) is 0 Å². The van der Waals surface area contributed by atoms with Crippen LogP contribution in [0.15, 0.2) is 12.3 Å². The minimum atomic E-state index is -0.936. The monoisotopic (exact) mass is 314 g/mol. The summed E-state index contributed by atoms with van der Waals surface area (Å²) < 4.78 is 1.65. The lowest BCUT2D eigenvalue weighted by atomic mass is 10.2. The maximum Gasteiger partial charge on any atom is 0.327 e. The van der Waals surface area contributed by atoms with Crippen LogP contribution in [0, 0.1) is 5.92 Å². The van der Waals surface area contributed by atoms with Gasteiger partial charge in [-0.1, -0.05) is 11.6 Å². The number of nitrogens with zero attached hydrogens (tertiary/aromatic N) is 2. The molecule has 1 saturated carbocycles. The molecule has 0 bridgehead atoms. The number of hydrogen-bond acceptors (Lipinski definition) is 3. The van der Waals surface area contributed by atoms with Gasteiger partial charge < -0.3 is 14.6 Å². The van der Waals surface area contributed by atoms with Gasteiger partial charge in [0, 0.05) is 19.0 Å². The Morgan fingerprint density at radius 2 is 2.15 bits per heavy atom. The summed E-state index contributed by atoms with van der Waals surface area (Å²) in [6.07, 6.45) is 3.79. The molecule has 1 N–H and O–H groups in total. The van der Waals surface area contributed by atoms with Crippen molar-refractivity contribution in [1.82, 2.24) is 9.47 Å². The second kappa shape index (κ2) is 5.00. The van der Waals surface area contributed by atoms with E-state index in [-0.39, 0.29) is 11.3 Å². The highest BCUT2D eigenvalue weighted by molar-refractivity contribution is 8.00. The molecule has 2 aliphatic rings. The molecule has 1 aromatic heterocycles. The number of aliphatic carboxylic acids is 1. The molecule has 2 atom stereocenters. The average molecular weight is 315 g/mol. The van der Waals surface area contributed by atoms with Gasteiger partial charge in [-0.05, 0) is 24.8 Å². The van der Waals surface area contributed by atoms with Gasteiger partial charge in [0.1, 0.15) is 11.7 Å². The number of hydrogen-bond donors (Lipinski definition) is 1. The van der Waals surface area contributed by atoms with E-state index in [0.717, 1.165) is 12.8 Å². The van der Waals surface area contributed by atoms with Gasteiger partial charge in [-0.3, -0.25) is 4.79 Å². The average Bonchev–Trinajstić information content (AvgIpc) is 3.03. The normalized spacial score (nSPS) is 26.0. The van der Waals surface area contributed by atoms with Crippen LogP contribution < -0.4 is 0 Å². The Labute approximate surface area is 125 Å². The van der Waals surface area contributed by atoms with Gasteiger partial charge in [-0.15, -0.1) is 11.8 Å². The molecule has 0 radical (unpaired) electrons. The molecule has 1 saturated heterocycles. The predicted molar refractivity (Wildman–Crippen MR) is 77.0 cm³/mol. The number of carbonyl (C=O) groups is 2. The molecule has 108 valence electrons. The fourth-order valence-corrected chi connectivity index (χ4v) is 4.47. The summed E-state index contributed by atoms with van der Waals surface area (Å²) in [5, 5.41) is 9.80. The van der Waals surface area contributed by atoms with Gasteiger partial charge in [0.15, 0.2) is 0 Å². The van der Waals surface area contributed by atoms with Crippen LogP contribution in [0.25, 0.3) is 0 Å². The minimum absolute atomic E-state index is 0.0164. The number of carboxylic acids is 1. The fraction of sp³-hybridized carbons (Fsp3) is 0.538. The van der Waals surface area contributed by atoms with E-state index < -0.39 is 12.0 Å². The first kappa shape index (κ1) is 13.8. The molecule has 2 unspecified atom stereocenters. The molecule has 1 aromatic rings. The molecule has 0 spiro atoms. The predicted octanol–water partition coefficient (Wildman–Crippen LogP) is 2.06. The highest BCUT2D eigenvalue weighted by Gasteiger charge is 2.48. The minimum Gasteiger partial charge on any atom is -0.480 e. The molecule has 7 heteroatoms. The van der Waals surface area contributed by atoms with Crippen molar-refractivity contribution in [1.29, 1.82) is 0 Å². The molecule has 2 fully saturated rings.